The van der Waals surface area contributed by atoms with Crippen molar-refractivity contribution in [1.82, 2.24) is 0 Å². The topological polar surface area (TPSA) is 29.3 Å². The number of anilines is 1. The highest BCUT2D eigenvalue weighted by atomic mass is 79.9. The third-order valence-corrected chi connectivity index (χ3v) is 1.73. The lowest BCUT2D eigenvalue weighted by molar-refractivity contribution is 1.21. The molecule has 0 saturated heterocycles. The first-order valence-corrected chi connectivity index (χ1v) is 3.69. The molecular formula is C7H9BrN2. The summed E-state index contributed by atoms with van der Waals surface area (Å²) in [5, 5.41) is 0. The molecule has 1 rings (SSSR count). The fraction of sp³-hybridized carbons (Fsp3) is 0.143. The zero-order valence-electron chi connectivity index (χ0n) is 5.71. The van der Waals surface area contributed by atoms with E-state index in [0.717, 1.165) is 11.3 Å². The van der Waals surface area contributed by atoms with Gasteiger partial charge in [0.2, 0.25) is 0 Å². The number of hydrogen-bond donors (Lipinski definition) is 1. The summed E-state index contributed by atoms with van der Waals surface area (Å²) in [7, 11) is 0. The molecule has 0 amide bonds. The molecule has 0 saturated carbocycles. The Labute approximate surface area is 68.9 Å². The van der Waals surface area contributed by atoms with Crippen molar-refractivity contribution in [1.29, 1.82) is 0 Å². The summed E-state index contributed by atoms with van der Waals surface area (Å²) < 4.78 is 1.43. The lowest BCUT2D eigenvalue weighted by Gasteiger charge is -2.10. The van der Waals surface area contributed by atoms with Crippen LogP contribution >= 0.6 is 16.1 Å². The third kappa shape index (κ3) is 1.49. The summed E-state index contributed by atoms with van der Waals surface area (Å²) in [5.74, 6) is 5.46. The second-order valence-electron chi connectivity index (χ2n) is 2.10. The molecular weight excluding hydrogens is 192 g/mol. The number of rotatable bonds is 1. The van der Waals surface area contributed by atoms with E-state index in [9.17, 15) is 0 Å². The van der Waals surface area contributed by atoms with Gasteiger partial charge >= 0.3 is 0 Å². The number of hydrazine groups is 1. The number of aryl methyl sites for hydroxylation is 1. The molecule has 0 heterocycles. The molecule has 2 N–H and O–H groups in total. The van der Waals surface area contributed by atoms with Crippen LogP contribution in [0.25, 0.3) is 0 Å². The zero-order chi connectivity index (χ0) is 7.56. The van der Waals surface area contributed by atoms with Gasteiger partial charge in [0.15, 0.2) is 0 Å². The van der Waals surface area contributed by atoms with Crippen molar-refractivity contribution in [3.05, 3.63) is 29.8 Å². The molecule has 0 aromatic heterocycles. The van der Waals surface area contributed by atoms with Gasteiger partial charge in [-0.15, -0.1) is 0 Å². The lowest BCUT2D eigenvalue weighted by Crippen LogP contribution is -2.18. The van der Waals surface area contributed by atoms with E-state index in [4.69, 9.17) is 5.84 Å². The van der Waals surface area contributed by atoms with Gasteiger partial charge in [-0.05, 0) is 18.6 Å². The van der Waals surface area contributed by atoms with Crippen LogP contribution in [0.4, 0.5) is 5.69 Å². The summed E-state index contributed by atoms with van der Waals surface area (Å²) in [6, 6.07) is 7.89. The standard InChI is InChI=1S/C7H9BrN2/c1-6-4-2-3-5-7(6)10(8)9/h2-5H,9H2,1H3. The maximum absolute atomic E-state index is 5.46. The summed E-state index contributed by atoms with van der Waals surface area (Å²) in [4.78, 5) is 0. The number of nitrogens with two attached hydrogens (primary N) is 1. The first-order chi connectivity index (χ1) is 4.72. The van der Waals surface area contributed by atoms with E-state index in [0.29, 0.717) is 0 Å². The van der Waals surface area contributed by atoms with Gasteiger partial charge in [-0.1, -0.05) is 18.2 Å². The van der Waals surface area contributed by atoms with Gasteiger partial charge < -0.3 is 0 Å². The van der Waals surface area contributed by atoms with Crippen molar-refractivity contribution in [3.63, 3.8) is 0 Å². The summed E-state index contributed by atoms with van der Waals surface area (Å²) in [6.07, 6.45) is 0. The fourth-order valence-corrected chi connectivity index (χ4v) is 1.20. The smallest absolute Gasteiger partial charge is 0.0675 e. The number of nitrogens with zero attached hydrogens (tertiary/aromatic N) is 1. The summed E-state index contributed by atoms with van der Waals surface area (Å²) >= 11 is 3.14. The van der Waals surface area contributed by atoms with Crippen molar-refractivity contribution in [2.45, 2.75) is 6.92 Å². The predicted molar refractivity (Wildman–Crippen MR) is 46.8 cm³/mol. The zero-order valence-corrected chi connectivity index (χ0v) is 7.30. The van der Waals surface area contributed by atoms with E-state index in [1.165, 1.54) is 4.03 Å². The molecule has 0 atom stereocenters. The van der Waals surface area contributed by atoms with Gasteiger partial charge in [-0.2, -0.15) is 0 Å². The molecule has 10 heavy (non-hydrogen) atoms. The minimum Gasteiger partial charge on any atom is -0.244 e. The summed E-state index contributed by atoms with van der Waals surface area (Å²) in [6.45, 7) is 2.01. The van der Waals surface area contributed by atoms with E-state index in [-0.39, 0.29) is 0 Å². The van der Waals surface area contributed by atoms with Gasteiger partial charge in [0.25, 0.3) is 0 Å². The molecule has 54 valence electrons. The number of halogens is 1. The number of benzene rings is 1. The second-order valence-corrected chi connectivity index (χ2v) is 2.86. The predicted octanol–water partition coefficient (Wildman–Crippen LogP) is 1.99. The molecule has 1 aromatic carbocycles. The van der Waals surface area contributed by atoms with Crippen LogP contribution in [0.5, 0.6) is 0 Å². The van der Waals surface area contributed by atoms with E-state index in [1.807, 2.05) is 31.2 Å². The highest BCUT2D eigenvalue weighted by Crippen LogP contribution is 2.18. The highest BCUT2D eigenvalue weighted by molar-refractivity contribution is 9.10. The Balaban J connectivity index is 3.03. The Kier molecular flexibility index (Phi) is 2.29. The van der Waals surface area contributed by atoms with Crippen LogP contribution in [0.15, 0.2) is 24.3 Å². The molecule has 0 radical (unpaired) electrons. The van der Waals surface area contributed by atoms with Gasteiger partial charge in [0.1, 0.15) is 0 Å². The Morgan fingerprint density at radius 3 is 2.40 bits per heavy atom. The van der Waals surface area contributed by atoms with Crippen molar-refractivity contribution < 1.29 is 0 Å². The third-order valence-electron chi connectivity index (χ3n) is 1.35. The maximum Gasteiger partial charge on any atom is 0.0675 e. The molecule has 0 bridgehead atoms. The van der Waals surface area contributed by atoms with Crippen LogP contribution in [0.2, 0.25) is 0 Å². The second kappa shape index (κ2) is 3.03. The summed E-state index contributed by atoms with van der Waals surface area (Å²) in [5.41, 5.74) is 2.14. The van der Waals surface area contributed by atoms with Crippen molar-refractivity contribution in [2.75, 3.05) is 4.03 Å². The van der Waals surface area contributed by atoms with Gasteiger partial charge in [0, 0.05) is 0 Å². The molecule has 0 spiro atoms. The van der Waals surface area contributed by atoms with Crippen LogP contribution in [-0.2, 0) is 0 Å². The van der Waals surface area contributed by atoms with Gasteiger partial charge in [-0.3, -0.25) is 0 Å². The minimum atomic E-state index is 0.988. The minimum absolute atomic E-state index is 0.988. The average molecular weight is 201 g/mol. The normalized spacial score (nSPS) is 9.50. The lowest BCUT2D eigenvalue weighted by atomic mass is 10.2. The van der Waals surface area contributed by atoms with E-state index >= 15 is 0 Å². The van der Waals surface area contributed by atoms with Crippen LogP contribution in [0.3, 0.4) is 0 Å². The molecule has 0 unspecified atom stereocenters. The molecule has 3 heteroatoms. The molecule has 0 aliphatic carbocycles. The Morgan fingerprint density at radius 2 is 2.00 bits per heavy atom. The largest absolute Gasteiger partial charge is 0.244 e. The fourth-order valence-electron chi connectivity index (χ4n) is 0.803. The van der Waals surface area contributed by atoms with Crippen LogP contribution in [-0.4, -0.2) is 0 Å². The molecule has 0 fully saturated rings. The Hall–Kier alpha value is -0.540. The van der Waals surface area contributed by atoms with E-state index in [1.54, 1.807) is 0 Å². The monoisotopic (exact) mass is 200 g/mol. The van der Waals surface area contributed by atoms with Crippen LogP contribution < -0.4 is 9.88 Å². The van der Waals surface area contributed by atoms with Crippen molar-refractivity contribution >= 4 is 21.8 Å². The van der Waals surface area contributed by atoms with Crippen molar-refractivity contribution in [3.8, 4) is 0 Å². The van der Waals surface area contributed by atoms with Crippen LogP contribution in [0, 0.1) is 6.92 Å². The highest BCUT2D eigenvalue weighted by Gasteiger charge is 1.98. The Bertz CT molecular complexity index is 223. The Morgan fingerprint density at radius 1 is 1.40 bits per heavy atom. The molecule has 0 aliphatic heterocycles. The van der Waals surface area contributed by atoms with E-state index in [2.05, 4.69) is 16.1 Å². The molecule has 1 aromatic rings. The first kappa shape index (κ1) is 7.57. The van der Waals surface area contributed by atoms with Crippen LogP contribution in [0.1, 0.15) is 5.56 Å². The van der Waals surface area contributed by atoms with E-state index < -0.39 is 0 Å². The number of para-hydroxylation sites is 1. The molecule has 2 nitrogen and oxygen atoms in total. The number of hydrogen-bond acceptors (Lipinski definition) is 2. The average Bonchev–Trinajstić information content (AvgIpc) is 1.88. The van der Waals surface area contributed by atoms with Gasteiger partial charge in [0.05, 0.1) is 21.8 Å². The maximum atomic E-state index is 5.46. The van der Waals surface area contributed by atoms with Gasteiger partial charge in [-0.25, -0.2) is 9.88 Å². The first-order valence-electron chi connectivity index (χ1n) is 2.98. The quantitative estimate of drug-likeness (QED) is 0.427. The SMILES string of the molecule is Cc1ccccc1N(N)Br. The molecule has 0 aliphatic rings. The van der Waals surface area contributed by atoms with Crippen molar-refractivity contribution in [2.24, 2.45) is 5.84 Å².